The Kier molecular flexibility index (Phi) is 7.07. The number of halogens is 1. The Morgan fingerprint density at radius 3 is 2.78 bits per heavy atom. The van der Waals surface area contributed by atoms with Gasteiger partial charge in [0.25, 0.3) is 0 Å². The summed E-state index contributed by atoms with van der Waals surface area (Å²) in [7, 11) is 1.59. The topological polar surface area (TPSA) is 54.5 Å². The molecular formula is C21H26ClN3O2. The molecule has 2 heterocycles. The van der Waals surface area contributed by atoms with Gasteiger partial charge in [0.15, 0.2) is 0 Å². The molecule has 1 fully saturated rings. The van der Waals surface area contributed by atoms with E-state index in [1.165, 1.54) is 0 Å². The second-order valence-corrected chi connectivity index (χ2v) is 7.32. The summed E-state index contributed by atoms with van der Waals surface area (Å²) in [6.45, 7) is 2.84. The van der Waals surface area contributed by atoms with Crippen LogP contribution in [0.2, 0.25) is 5.02 Å². The molecule has 0 saturated carbocycles. The number of hydrogen-bond acceptors (Lipinski definition) is 4. The number of methoxy groups -OCH3 is 1. The molecule has 1 aliphatic rings. The fourth-order valence-electron chi connectivity index (χ4n) is 3.38. The summed E-state index contributed by atoms with van der Waals surface area (Å²) in [6.07, 6.45) is 4.93. The first kappa shape index (κ1) is 19.6. The molecule has 1 aliphatic heterocycles. The monoisotopic (exact) mass is 387 g/mol. The molecule has 5 nitrogen and oxygen atoms in total. The number of likely N-dealkylation sites (tertiary alicyclic amines) is 1. The molecule has 0 unspecified atom stereocenters. The lowest BCUT2D eigenvalue weighted by Crippen LogP contribution is -2.44. The van der Waals surface area contributed by atoms with Gasteiger partial charge in [-0.05, 0) is 49.1 Å². The largest absolute Gasteiger partial charge is 0.495 e. The van der Waals surface area contributed by atoms with Crippen LogP contribution in [-0.2, 0) is 17.8 Å². The van der Waals surface area contributed by atoms with Crippen molar-refractivity contribution in [1.29, 1.82) is 0 Å². The number of nitrogens with one attached hydrogen (secondary N) is 1. The summed E-state index contributed by atoms with van der Waals surface area (Å²) < 4.78 is 5.15. The van der Waals surface area contributed by atoms with Crippen molar-refractivity contribution in [2.75, 3.05) is 20.2 Å². The highest BCUT2D eigenvalue weighted by atomic mass is 35.5. The van der Waals surface area contributed by atoms with Crippen LogP contribution in [0.3, 0.4) is 0 Å². The van der Waals surface area contributed by atoms with E-state index < -0.39 is 0 Å². The van der Waals surface area contributed by atoms with Crippen LogP contribution < -0.4 is 10.1 Å². The van der Waals surface area contributed by atoms with E-state index in [1.807, 2.05) is 36.5 Å². The fourth-order valence-corrected chi connectivity index (χ4v) is 3.66. The Morgan fingerprint density at radius 2 is 2.11 bits per heavy atom. The van der Waals surface area contributed by atoms with Crippen molar-refractivity contribution in [1.82, 2.24) is 15.2 Å². The van der Waals surface area contributed by atoms with E-state index in [1.54, 1.807) is 7.11 Å². The minimum Gasteiger partial charge on any atom is -0.495 e. The van der Waals surface area contributed by atoms with Gasteiger partial charge in [-0.2, -0.15) is 0 Å². The number of piperidine rings is 1. The Morgan fingerprint density at radius 1 is 1.30 bits per heavy atom. The van der Waals surface area contributed by atoms with Crippen LogP contribution >= 0.6 is 11.6 Å². The number of aromatic nitrogens is 1. The van der Waals surface area contributed by atoms with Crippen molar-refractivity contribution in [3.63, 3.8) is 0 Å². The number of aryl methyl sites for hydroxylation is 1. The zero-order valence-electron chi connectivity index (χ0n) is 15.7. The SMILES string of the molecule is COc1ccc(CCC(=O)NC2CCN(Cc3ccccn3)CC2)cc1Cl. The minimum atomic E-state index is 0.102. The molecule has 3 rings (SSSR count). The average molecular weight is 388 g/mol. The van der Waals surface area contributed by atoms with Crippen molar-refractivity contribution in [2.24, 2.45) is 0 Å². The summed E-state index contributed by atoms with van der Waals surface area (Å²) in [5, 5.41) is 3.75. The average Bonchev–Trinajstić information content (AvgIpc) is 2.69. The Hall–Kier alpha value is -2.11. The number of rotatable bonds is 7. The first-order valence-corrected chi connectivity index (χ1v) is 9.76. The van der Waals surface area contributed by atoms with Gasteiger partial charge in [-0.25, -0.2) is 0 Å². The Balaban J connectivity index is 1.38. The first-order valence-electron chi connectivity index (χ1n) is 9.38. The molecule has 0 aliphatic carbocycles. The van der Waals surface area contributed by atoms with Gasteiger partial charge in [0.05, 0.1) is 17.8 Å². The predicted octanol–water partition coefficient (Wildman–Crippen LogP) is 3.46. The Labute approximate surface area is 165 Å². The molecule has 1 amide bonds. The molecule has 1 aromatic carbocycles. The maximum Gasteiger partial charge on any atom is 0.220 e. The molecule has 0 atom stereocenters. The summed E-state index contributed by atoms with van der Waals surface area (Å²) in [5.41, 5.74) is 2.14. The smallest absolute Gasteiger partial charge is 0.220 e. The molecule has 144 valence electrons. The van der Waals surface area contributed by atoms with Crippen molar-refractivity contribution in [2.45, 2.75) is 38.3 Å². The molecule has 1 saturated heterocycles. The van der Waals surface area contributed by atoms with Crippen LogP contribution in [0, 0.1) is 0 Å². The van der Waals surface area contributed by atoms with E-state index in [2.05, 4.69) is 21.3 Å². The second-order valence-electron chi connectivity index (χ2n) is 6.91. The van der Waals surface area contributed by atoms with Crippen LogP contribution in [-0.4, -0.2) is 42.0 Å². The van der Waals surface area contributed by atoms with E-state index in [-0.39, 0.29) is 11.9 Å². The fraction of sp³-hybridized carbons (Fsp3) is 0.429. The lowest BCUT2D eigenvalue weighted by molar-refractivity contribution is -0.122. The third-order valence-corrected chi connectivity index (χ3v) is 5.22. The molecule has 27 heavy (non-hydrogen) atoms. The summed E-state index contributed by atoms with van der Waals surface area (Å²) >= 11 is 6.14. The van der Waals surface area contributed by atoms with E-state index in [0.717, 1.165) is 43.7 Å². The van der Waals surface area contributed by atoms with Gasteiger partial charge in [0.2, 0.25) is 5.91 Å². The van der Waals surface area contributed by atoms with Gasteiger partial charge >= 0.3 is 0 Å². The summed E-state index contributed by atoms with van der Waals surface area (Å²) in [5.74, 6) is 0.757. The molecule has 0 spiro atoms. The maximum atomic E-state index is 12.3. The lowest BCUT2D eigenvalue weighted by atomic mass is 10.0. The number of benzene rings is 1. The summed E-state index contributed by atoms with van der Waals surface area (Å²) in [6, 6.07) is 11.9. The highest BCUT2D eigenvalue weighted by molar-refractivity contribution is 6.32. The number of hydrogen-bond donors (Lipinski definition) is 1. The van der Waals surface area contributed by atoms with E-state index in [9.17, 15) is 4.79 Å². The van der Waals surface area contributed by atoms with Gasteiger partial charge in [-0.15, -0.1) is 0 Å². The quantitative estimate of drug-likeness (QED) is 0.790. The van der Waals surface area contributed by atoms with E-state index in [4.69, 9.17) is 16.3 Å². The highest BCUT2D eigenvalue weighted by Gasteiger charge is 2.20. The molecule has 1 aromatic heterocycles. The number of ether oxygens (including phenoxy) is 1. The normalized spacial score (nSPS) is 15.5. The zero-order valence-corrected chi connectivity index (χ0v) is 16.4. The Bertz CT molecular complexity index is 746. The highest BCUT2D eigenvalue weighted by Crippen LogP contribution is 2.25. The van der Waals surface area contributed by atoms with Crippen molar-refractivity contribution < 1.29 is 9.53 Å². The van der Waals surface area contributed by atoms with Gasteiger partial charge in [0, 0.05) is 38.3 Å². The number of amides is 1. The van der Waals surface area contributed by atoms with E-state index in [0.29, 0.717) is 23.6 Å². The summed E-state index contributed by atoms with van der Waals surface area (Å²) in [4.78, 5) is 19.0. The van der Waals surface area contributed by atoms with E-state index >= 15 is 0 Å². The van der Waals surface area contributed by atoms with Crippen LogP contribution in [0.5, 0.6) is 5.75 Å². The number of nitrogens with zero attached hydrogens (tertiary/aromatic N) is 2. The third-order valence-electron chi connectivity index (χ3n) is 4.92. The van der Waals surface area contributed by atoms with Gasteiger partial charge in [0.1, 0.15) is 5.75 Å². The third kappa shape index (κ3) is 5.94. The van der Waals surface area contributed by atoms with Gasteiger partial charge < -0.3 is 10.1 Å². The molecule has 1 N–H and O–H groups in total. The van der Waals surface area contributed by atoms with Crippen LogP contribution in [0.15, 0.2) is 42.6 Å². The predicted molar refractivity (Wildman–Crippen MR) is 107 cm³/mol. The van der Waals surface area contributed by atoms with Crippen molar-refractivity contribution >= 4 is 17.5 Å². The second kappa shape index (κ2) is 9.72. The van der Waals surface area contributed by atoms with Crippen molar-refractivity contribution in [3.8, 4) is 5.75 Å². The maximum absolute atomic E-state index is 12.3. The number of carbonyl (C=O) groups excluding carboxylic acids is 1. The molecule has 2 aromatic rings. The standard InChI is InChI=1S/C21H26ClN3O2/c1-27-20-7-5-16(14-19(20)22)6-8-21(26)24-17-9-12-25(13-10-17)15-18-4-2-3-11-23-18/h2-5,7,11,14,17H,6,8-10,12-13,15H2,1H3,(H,24,26). The molecular weight excluding hydrogens is 362 g/mol. The first-order chi connectivity index (χ1) is 13.1. The zero-order chi connectivity index (χ0) is 19.1. The molecule has 6 heteroatoms. The van der Waals surface area contributed by atoms with Crippen LogP contribution in [0.4, 0.5) is 0 Å². The van der Waals surface area contributed by atoms with Crippen LogP contribution in [0.1, 0.15) is 30.5 Å². The molecule has 0 radical (unpaired) electrons. The number of carbonyl (C=O) groups is 1. The van der Waals surface area contributed by atoms with Crippen molar-refractivity contribution in [3.05, 3.63) is 58.9 Å². The van der Waals surface area contributed by atoms with Gasteiger partial charge in [-0.3, -0.25) is 14.7 Å². The molecule has 0 bridgehead atoms. The van der Waals surface area contributed by atoms with Crippen LogP contribution in [0.25, 0.3) is 0 Å². The lowest BCUT2D eigenvalue weighted by Gasteiger charge is -2.32. The minimum absolute atomic E-state index is 0.102. The number of pyridine rings is 1. The van der Waals surface area contributed by atoms with Gasteiger partial charge in [-0.1, -0.05) is 23.7 Å².